The van der Waals surface area contributed by atoms with Crippen LogP contribution in [0.2, 0.25) is 0 Å². The number of alkyl halides is 3. The molecule has 0 aliphatic rings. The second-order valence-electron chi connectivity index (χ2n) is 5.46. The summed E-state index contributed by atoms with van der Waals surface area (Å²) >= 11 is 0. The van der Waals surface area contributed by atoms with Crippen molar-refractivity contribution in [1.29, 1.82) is 0 Å². The van der Waals surface area contributed by atoms with E-state index in [0.29, 0.717) is 0 Å². The quantitative estimate of drug-likeness (QED) is 0.640. The monoisotopic (exact) mass is 372 g/mol. The van der Waals surface area contributed by atoms with Gasteiger partial charge >= 0.3 is 12.0 Å². The molecule has 11 heteroatoms. The van der Waals surface area contributed by atoms with Crippen molar-refractivity contribution in [2.75, 3.05) is 5.32 Å². The zero-order chi connectivity index (χ0) is 19.6. The summed E-state index contributed by atoms with van der Waals surface area (Å²) in [5.74, 6) is -0.951. The highest BCUT2D eigenvalue weighted by molar-refractivity contribution is 5.93. The van der Waals surface area contributed by atoms with E-state index in [2.05, 4.69) is 15.2 Å². The molecule has 0 spiro atoms. The number of aryl methyl sites for hydroxylation is 1. The maximum absolute atomic E-state index is 12.3. The van der Waals surface area contributed by atoms with Crippen LogP contribution < -0.4 is 10.1 Å². The van der Waals surface area contributed by atoms with Crippen molar-refractivity contribution in [2.45, 2.75) is 33.2 Å². The van der Waals surface area contributed by atoms with Crippen LogP contribution in [-0.2, 0) is 4.79 Å². The minimum Gasteiger partial charge on any atom is -0.406 e. The van der Waals surface area contributed by atoms with Crippen molar-refractivity contribution < 1.29 is 27.6 Å². The second-order valence-corrected chi connectivity index (χ2v) is 5.46. The number of nitrogens with zero attached hydrogens (tertiary/aromatic N) is 3. The number of carbonyl (C=O) groups is 1. The zero-order valence-electron chi connectivity index (χ0n) is 14.0. The maximum atomic E-state index is 12.3. The van der Waals surface area contributed by atoms with Crippen LogP contribution in [0, 0.1) is 24.0 Å². The first-order valence-corrected chi connectivity index (χ1v) is 7.36. The van der Waals surface area contributed by atoms with E-state index >= 15 is 0 Å². The molecule has 1 amide bonds. The topological polar surface area (TPSA) is 99.3 Å². The van der Waals surface area contributed by atoms with E-state index in [-0.39, 0.29) is 22.8 Å². The van der Waals surface area contributed by atoms with E-state index in [1.54, 1.807) is 0 Å². The zero-order valence-corrected chi connectivity index (χ0v) is 14.0. The molecule has 140 valence electrons. The van der Waals surface area contributed by atoms with Gasteiger partial charge in [0.15, 0.2) is 0 Å². The highest BCUT2D eigenvalue weighted by atomic mass is 19.4. The average molecular weight is 372 g/mol. The number of aromatic nitrogens is 2. The number of nitrogens with one attached hydrogen (secondary N) is 1. The van der Waals surface area contributed by atoms with Crippen molar-refractivity contribution in [1.82, 2.24) is 9.78 Å². The van der Waals surface area contributed by atoms with Gasteiger partial charge in [0.2, 0.25) is 5.91 Å². The third-order valence-corrected chi connectivity index (χ3v) is 3.57. The van der Waals surface area contributed by atoms with Gasteiger partial charge in [-0.1, -0.05) is 0 Å². The van der Waals surface area contributed by atoms with Crippen molar-refractivity contribution in [3.8, 4) is 5.75 Å². The Hall–Kier alpha value is -3.11. The molecule has 1 N–H and O–H groups in total. The highest BCUT2D eigenvalue weighted by Crippen LogP contribution is 2.26. The van der Waals surface area contributed by atoms with Crippen molar-refractivity contribution in [3.05, 3.63) is 45.8 Å². The Morgan fingerprint density at radius 2 is 1.88 bits per heavy atom. The molecule has 1 heterocycles. The molecular weight excluding hydrogens is 357 g/mol. The number of halogens is 3. The largest absolute Gasteiger partial charge is 0.573 e. The fraction of sp³-hybridized carbons (Fsp3) is 0.333. The van der Waals surface area contributed by atoms with Gasteiger partial charge < -0.3 is 10.1 Å². The third-order valence-electron chi connectivity index (χ3n) is 3.57. The first kappa shape index (κ1) is 19.2. The molecular formula is C15H15F3N4O4. The van der Waals surface area contributed by atoms with Crippen LogP contribution in [0.25, 0.3) is 0 Å². The van der Waals surface area contributed by atoms with Gasteiger partial charge in [-0.15, -0.1) is 13.2 Å². The van der Waals surface area contributed by atoms with Crippen LogP contribution in [0.3, 0.4) is 0 Å². The Kier molecular flexibility index (Phi) is 5.19. The van der Waals surface area contributed by atoms with Gasteiger partial charge in [0.25, 0.3) is 0 Å². The van der Waals surface area contributed by atoms with E-state index in [9.17, 15) is 28.1 Å². The SMILES string of the molecule is Cc1nn(C(C)C(=O)Nc2ccc(OC(F)(F)F)cc2)c(C)c1[N+](=O)[O-]. The molecule has 0 saturated carbocycles. The summed E-state index contributed by atoms with van der Waals surface area (Å²) < 4.78 is 41.3. The fourth-order valence-electron chi connectivity index (χ4n) is 2.39. The maximum Gasteiger partial charge on any atom is 0.573 e. The fourth-order valence-corrected chi connectivity index (χ4v) is 2.39. The lowest BCUT2D eigenvalue weighted by molar-refractivity contribution is -0.386. The number of benzene rings is 1. The van der Waals surface area contributed by atoms with Crippen molar-refractivity contribution >= 4 is 17.3 Å². The Balaban J connectivity index is 2.12. The summed E-state index contributed by atoms with van der Waals surface area (Å²) in [6.45, 7) is 4.44. The number of amides is 1. The standard InChI is InChI=1S/C15H15F3N4O4/c1-8-13(22(24)25)9(2)21(20-8)10(3)14(23)19-11-4-6-12(7-5-11)26-15(16,17)18/h4-7,10H,1-3H3,(H,19,23). The van der Waals surface area contributed by atoms with E-state index < -0.39 is 29.0 Å². The van der Waals surface area contributed by atoms with Crippen molar-refractivity contribution in [2.24, 2.45) is 0 Å². The summed E-state index contributed by atoms with van der Waals surface area (Å²) in [5.41, 5.74) is 0.482. The highest BCUT2D eigenvalue weighted by Gasteiger charge is 2.31. The predicted molar refractivity (Wildman–Crippen MR) is 84.8 cm³/mol. The van der Waals surface area contributed by atoms with Gasteiger partial charge in [-0.25, -0.2) is 0 Å². The lowest BCUT2D eigenvalue weighted by Crippen LogP contribution is -2.25. The molecule has 0 aliphatic heterocycles. The molecule has 1 unspecified atom stereocenters. The summed E-state index contributed by atoms with van der Waals surface area (Å²) in [5, 5.41) is 17.6. The number of nitro groups is 1. The number of carbonyl (C=O) groups excluding carboxylic acids is 1. The van der Waals surface area contributed by atoms with E-state index in [4.69, 9.17) is 0 Å². The van der Waals surface area contributed by atoms with E-state index in [1.165, 1.54) is 37.6 Å². The number of hydrogen-bond acceptors (Lipinski definition) is 5. The van der Waals surface area contributed by atoms with Gasteiger partial charge in [0.05, 0.1) is 4.92 Å². The number of hydrogen-bond donors (Lipinski definition) is 1. The van der Waals surface area contributed by atoms with Gasteiger partial charge in [0.1, 0.15) is 23.2 Å². The minimum absolute atomic E-state index is 0.168. The molecule has 0 bridgehead atoms. The van der Waals surface area contributed by atoms with Gasteiger partial charge in [-0.2, -0.15) is 5.10 Å². The molecule has 0 fully saturated rings. The molecule has 26 heavy (non-hydrogen) atoms. The second kappa shape index (κ2) is 7.02. The molecule has 1 atom stereocenters. The Labute approximate surface area is 145 Å². The molecule has 1 aromatic carbocycles. The molecule has 2 aromatic rings. The lowest BCUT2D eigenvalue weighted by atomic mass is 10.2. The normalized spacial score (nSPS) is 12.5. The number of anilines is 1. The summed E-state index contributed by atoms with van der Waals surface area (Å²) in [6, 6.07) is 3.74. The summed E-state index contributed by atoms with van der Waals surface area (Å²) in [6.07, 6.45) is -4.80. The van der Waals surface area contributed by atoms with E-state index in [0.717, 1.165) is 12.1 Å². The Morgan fingerprint density at radius 3 is 2.35 bits per heavy atom. The lowest BCUT2D eigenvalue weighted by Gasteiger charge is -2.14. The number of ether oxygens (including phenoxy) is 1. The van der Waals surface area contributed by atoms with Gasteiger partial charge in [-0.05, 0) is 45.0 Å². The Bertz CT molecular complexity index is 831. The summed E-state index contributed by atoms with van der Waals surface area (Å²) in [7, 11) is 0. The van der Waals surface area contributed by atoms with Crippen molar-refractivity contribution in [3.63, 3.8) is 0 Å². The Morgan fingerprint density at radius 1 is 1.31 bits per heavy atom. The van der Waals surface area contributed by atoms with E-state index in [1.807, 2.05) is 0 Å². The average Bonchev–Trinajstić information content (AvgIpc) is 2.81. The molecule has 0 radical (unpaired) electrons. The molecule has 2 rings (SSSR count). The molecule has 0 aliphatic carbocycles. The summed E-state index contributed by atoms with van der Waals surface area (Å²) in [4.78, 5) is 22.8. The molecule has 0 saturated heterocycles. The van der Waals surface area contributed by atoms with Gasteiger partial charge in [0, 0.05) is 5.69 Å². The van der Waals surface area contributed by atoms with Crippen LogP contribution in [0.4, 0.5) is 24.5 Å². The molecule has 8 nitrogen and oxygen atoms in total. The van der Waals surface area contributed by atoms with Crippen LogP contribution in [0.15, 0.2) is 24.3 Å². The van der Waals surface area contributed by atoms with Crippen LogP contribution in [-0.4, -0.2) is 27.0 Å². The predicted octanol–water partition coefficient (Wildman–Crippen LogP) is 3.51. The molecule has 1 aromatic heterocycles. The smallest absolute Gasteiger partial charge is 0.406 e. The van der Waals surface area contributed by atoms with Crippen LogP contribution >= 0.6 is 0 Å². The van der Waals surface area contributed by atoms with Crippen LogP contribution in [0.5, 0.6) is 5.75 Å². The van der Waals surface area contributed by atoms with Gasteiger partial charge in [-0.3, -0.25) is 19.6 Å². The van der Waals surface area contributed by atoms with Crippen LogP contribution in [0.1, 0.15) is 24.4 Å². The number of rotatable bonds is 5. The first-order valence-electron chi connectivity index (χ1n) is 7.36. The minimum atomic E-state index is -4.80. The first-order chi connectivity index (χ1) is 12.0. The third kappa shape index (κ3) is 4.29.